The van der Waals surface area contributed by atoms with Crippen molar-refractivity contribution in [2.24, 2.45) is 0 Å². The van der Waals surface area contributed by atoms with E-state index in [0.29, 0.717) is 6.42 Å². The predicted molar refractivity (Wildman–Crippen MR) is 53.8 cm³/mol. The van der Waals surface area contributed by atoms with Crippen molar-refractivity contribution in [1.29, 1.82) is 0 Å². The van der Waals surface area contributed by atoms with E-state index in [1.807, 2.05) is 0 Å². The van der Waals surface area contributed by atoms with Gasteiger partial charge in [0.15, 0.2) is 5.16 Å². The summed E-state index contributed by atoms with van der Waals surface area (Å²) in [6.07, 6.45) is -4.08. The molecule has 1 N–H and O–H groups in total. The Morgan fingerprint density at radius 2 is 2.12 bits per heavy atom. The second-order valence-corrected chi connectivity index (χ2v) is 4.08. The second-order valence-electron chi connectivity index (χ2n) is 3.14. The highest BCUT2D eigenvalue weighted by molar-refractivity contribution is 7.99. The Kier molecular flexibility index (Phi) is 4.38. The van der Waals surface area contributed by atoms with Crippen LogP contribution >= 0.6 is 11.8 Å². The lowest BCUT2D eigenvalue weighted by Gasteiger charge is -2.11. The van der Waals surface area contributed by atoms with Gasteiger partial charge in [-0.1, -0.05) is 18.7 Å². The molecule has 0 fully saturated rings. The van der Waals surface area contributed by atoms with Crippen LogP contribution in [-0.2, 0) is 17.8 Å². The van der Waals surface area contributed by atoms with Crippen molar-refractivity contribution in [2.75, 3.05) is 5.75 Å². The third-order valence-electron chi connectivity index (χ3n) is 1.77. The van der Waals surface area contributed by atoms with Gasteiger partial charge >= 0.3 is 12.1 Å². The van der Waals surface area contributed by atoms with E-state index in [-0.39, 0.29) is 16.7 Å². The molecule has 0 unspecified atom stereocenters. The number of carboxylic acids is 1. The lowest BCUT2D eigenvalue weighted by Crippen LogP contribution is -2.20. The summed E-state index contributed by atoms with van der Waals surface area (Å²) in [7, 11) is 0. The minimum Gasteiger partial charge on any atom is -0.481 e. The van der Waals surface area contributed by atoms with Gasteiger partial charge in [-0.3, -0.25) is 9.36 Å². The van der Waals surface area contributed by atoms with E-state index in [4.69, 9.17) is 5.11 Å². The highest BCUT2D eigenvalue weighted by Gasteiger charge is 2.30. The molecule has 9 heteroatoms. The van der Waals surface area contributed by atoms with Gasteiger partial charge in [-0.25, -0.2) is 0 Å². The highest BCUT2D eigenvalue weighted by atomic mass is 32.2. The molecule has 0 saturated heterocycles. The number of carbonyl (C=O) groups is 1. The summed E-state index contributed by atoms with van der Waals surface area (Å²) in [5.41, 5.74) is 0. The molecule has 0 amide bonds. The molecule has 0 aliphatic carbocycles. The monoisotopic (exact) mass is 269 g/mol. The van der Waals surface area contributed by atoms with Gasteiger partial charge in [-0.15, -0.1) is 10.2 Å². The number of halogens is 3. The van der Waals surface area contributed by atoms with Crippen LogP contribution in [0.25, 0.3) is 0 Å². The Morgan fingerprint density at radius 3 is 2.59 bits per heavy atom. The number of rotatable bonds is 5. The summed E-state index contributed by atoms with van der Waals surface area (Å²) in [6.45, 7) is 0.452. The first-order chi connectivity index (χ1) is 7.83. The molecule has 0 bridgehead atoms. The standard InChI is InChI=1S/C8H10F3N3O2S/c1-2-5-12-13-7(17-3-6(15)16)14(5)4-8(9,10)11/h2-4H2,1H3,(H,15,16). The molecule has 1 aromatic heterocycles. The zero-order valence-electron chi connectivity index (χ0n) is 8.86. The van der Waals surface area contributed by atoms with E-state index in [1.54, 1.807) is 6.92 Å². The van der Waals surface area contributed by atoms with Gasteiger partial charge in [0.2, 0.25) is 0 Å². The maximum Gasteiger partial charge on any atom is 0.406 e. The number of hydrogen-bond acceptors (Lipinski definition) is 4. The molecular formula is C8H10F3N3O2S. The fourth-order valence-electron chi connectivity index (χ4n) is 1.15. The topological polar surface area (TPSA) is 68.0 Å². The molecule has 0 aromatic carbocycles. The first-order valence-electron chi connectivity index (χ1n) is 4.67. The summed E-state index contributed by atoms with van der Waals surface area (Å²) in [5, 5.41) is 15.6. The van der Waals surface area contributed by atoms with E-state index in [0.717, 1.165) is 16.3 Å². The molecule has 1 rings (SSSR count). The van der Waals surface area contributed by atoms with Crippen molar-refractivity contribution in [3.63, 3.8) is 0 Å². The van der Waals surface area contributed by atoms with Crippen LogP contribution in [0.1, 0.15) is 12.7 Å². The lowest BCUT2D eigenvalue weighted by atomic mass is 10.4. The average Bonchev–Trinajstić information content (AvgIpc) is 2.55. The van der Waals surface area contributed by atoms with E-state index >= 15 is 0 Å². The van der Waals surface area contributed by atoms with Gasteiger partial charge in [0.05, 0.1) is 5.75 Å². The minimum atomic E-state index is -4.38. The van der Waals surface area contributed by atoms with Crippen LogP contribution in [0, 0.1) is 0 Å². The Labute approximate surface area is 99.0 Å². The molecule has 96 valence electrons. The van der Waals surface area contributed by atoms with Crippen LogP contribution in [0.2, 0.25) is 0 Å². The zero-order chi connectivity index (χ0) is 13.1. The van der Waals surface area contributed by atoms with E-state index in [9.17, 15) is 18.0 Å². The number of hydrogen-bond donors (Lipinski definition) is 1. The Bertz CT molecular complexity index is 405. The van der Waals surface area contributed by atoms with Gasteiger partial charge in [0.1, 0.15) is 12.4 Å². The molecule has 1 heterocycles. The fraction of sp³-hybridized carbons (Fsp3) is 0.625. The van der Waals surface area contributed by atoms with E-state index < -0.39 is 18.7 Å². The summed E-state index contributed by atoms with van der Waals surface area (Å²) in [5.74, 6) is -1.27. The Hall–Kier alpha value is -1.25. The minimum absolute atomic E-state index is 0.0263. The largest absolute Gasteiger partial charge is 0.481 e. The Balaban J connectivity index is 2.89. The van der Waals surface area contributed by atoms with Crippen molar-refractivity contribution in [2.45, 2.75) is 31.2 Å². The SMILES string of the molecule is CCc1nnc(SCC(=O)O)n1CC(F)(F)F. The molecule has 1 aromatic rings. The summed E-state index contributed by atoms with van der Waals surface area (Å²) in [4.78, 5) is 10.3. The fourth-order valence-corrected chi connectivity index (χ4v) is 1.83. The molecule has 0 aliphatic rings. The predicted octanol–water partition coefficient (Wildman–Crippen LogP) is 1.58. The molecule has 0 spiro atoms. The van der Waals surface area contributed by atoms with Gasteiger partial charge < -0.3 is 5.11 Å². The molecule has 0 radical (unpaired) electrons. The number of carboxylic acid groups (broad SMARTS) is 1. The number of aromatic nitrogens is 3. The molecule has 17 heavy (non-hydrogen) atoms. The Morgan fingerprint density at radius 1 is 1.47 bits per heavy atom. The maximum absolute atomic E-state index is 12.3. The van der Waals surface area contributed by atoms with Crippen LogP contribution in [0.5, 0.6) is 0 Å². The van der Waals surface area contributed by atoms with Crippen LogP contribution < -0.4 is 0 Å². The van der Waals surface area contributed by atoms with E-state index in [1.165, 1.54) is 0 Å². The van der Waals surface area contributed by atoms with Gasteiger partial charge in [0.25, 0.3) is 0 Å². The maximum atomic E-state index is 12.3. The summed E-state index contributed by atoms with van der Waals surface area (Å²) >= 11 is 0.722. The number of thioether (sulfide) groups is 1. The first kappa shape index (κ1) is 13.8. The number of aliphatic carboxylic acids is 1. The van der Waals surface area contributed by atoms with Crippen LogP contribution in [-0.4, -0.2) is 37.8 Å². The molecule has 0 saturated carbocycles. The normalized spacial score (nSPS) is 11.8. The molecule has 0 aliphatic heterocycles. The second kappa shape index (κ2) is 5.39. The summed E-state index contributed by atoms with van der Waals surface area (Å²) in [6, 6.07) is 0. The smallest absolute Gasteiger partial charge is 0.406 e. The van der Waals surface area contributed by atoms with Crippen molar-refractivity contribution in [3.8, 4) is 0 Å². The van der Waals surface area contributed by atoms with Crippen LogP contribution in [0.3, 0.4) is 0 Å². The van der Waals surface area contributed by atoms with Crippen molar-refractivity contribution >= 4 is 17.7 Å². The van der Waals surface area contributed by atoms with Crippen LogP contribution in [0.4, 0.5) is 13.2 Å². The molecular weight excluding hydrogens is 259 g/mol. The zero-order valence-corrected chi connectivity index (χ0v) is 9.68. The van der Waals surface area contributed by atoms with Gasteiger partial charge in [-0.05, 0) is 0 Å². The average molecular weight is 269 g/mol. The number of aryl methyl sites for hydroxylation is 1. The molecule has 5 nitrogen and oxygen atoms in total. The quantitative estimate of drug-likeness (QED) is 0.822. The first-order valence-corrected chi connectivity index (χ1v) is 5.65. The third-order valence-corrected chi connectivity index (χ3v) is 2.72. The number of nitrogens with zero attached hydrogens (tertiary/aromatic N) is 3. The van der Waals surface area contributed by atoms with Gasteiger partial charge in [0, 0.05) is 6.42 Å². The highest BCUT2D eigenvalue weighted by Crippen LogP contribution is 2.23. The van der Waals surface area contributed by atoms with Crippen molar-refractivity contribution < 1.29 is 23.1 Å². The van der Waals surface area contributed by atoms with Crippen LogP contribution in [0.15, 0.2) is 5.16 Å². The lowest BCUT2D eigenvalue weighted by molar-refractivity contribution is -0.142. The van der Waals surface area contributed by atoms with Crippen molar-refractivity contribution in [3.05, 3.63) is 5.82 Å². The molecule has 0 atom stereocenters. The third kappa shape index (κ3) is 4.25. The van der Waals surface area contributed by atoms with Crippen molar-refractivity contribution in [1.82, 2.24) is 14.8 Å². The van der Waals surface area contributed by atoms with Gasteiger partial charge in [-0.2, -0.15) is 13.2 Å². The van der Waals surface area contributed by atoms with E-state index in [2.05, 4.69) is 10.2 Å². The number of alkyl halides is 3. The summed E-state index contributed by atoms with van der Waals surface area (Å²) < 4.78 is 37.8.